The van der Waals surface area contributed by atoms with Crippen molar-refractivity contribution in [3.8, 4) is 11.3 Å². The highest BCUT2D eigenvalue weighted by atomic mass is 16.5. The Morgan fingerprint density at radius 1 is 1.10 bits per heavy atom. The summed E-state index contributed by atoms with van der Waals surface area (Å²) in [7, 11) is 2.04. The molecule has 0 amide bonds. The van der Waals surface area contributed by atoms with E-state index in [0.29, 0.717) is 5.92 Å². The third kappa shape index (κ3) is 2.24. The van der Waals surface area contributed by atoms with E-state index in [1.54, 1.807) is 6.20 Å². The second-order valence-corrected chi connectivity index (χ2v) is 8.59. The fourth-order valence-corrected chi connectivity index (χ4v) is 6.02. The van der Waals surface area contributed by atoms with Gasteiger partial charge in [-0.15, -0.1) is 0 Å². The predicted molar refractivity (Wildman–Crippen MR) is 112 cm³/mol. The molecule has 0 radical (unpaired) electrons. The molecule has 0 unspecified atom stereocenters. The molecule has 150 valence electrons. The summed E-state index contributed by atoms with van der Waals surface area (Å²) in [6.45, 7) is 2.28. The van der Waals surface area contributed by atoms with E-state index in [1.807, 2.05) is 30.2 Å². The fourth-order valence-electron chi connectivity index (χ4n) is 6.02. The number of aromatic nitrogens is 5. The monoisotopic (exact) mass is 397 g/mol. The fraction of sp³-hybridized carbons (Fsp3) is 0.333. The second kappa shape index (κ2) is 6.36. The summed E-state index contributed by atoms with van der Waals surface area (Å²) in [6.07, 6.45) is 8.43. The van der Waals surface area contributed by atoms with Crippen LogP contribution in [-0.2, 0) is 25.3 Å². The van der Waals surface area contributed by atoms with Gasteiger partial charge in [-0.25, -0.2) is 0 Å². The van der Waals surface area contributed by atoms with Crippen molar-refractivity contribution in [2.45, 2.75) is 37.5 Å². The molecule has 30 heavy (non-hydrogen) atoms. The van der Waals surface area contributed by atoms with Crippen molar-refractivity contribution in [3.63, 3.8) is 0 Å². The number of aryl methyl sites for hydroxylation is 1. The van der Waals surface area contributed by atoms with Gasteiger partial charge in [-0.1, -0.05) is 42.4 Å². The Labute approximate surface area is 174 Å². The molecular weight excluding hydrogens is 374 g/mol. The van der Waals surface area contributed by atoms with Crippen molar-refractivity contribution < 1.29 is 4.52 Å². The molecule has 6 rings (SSSR count). The average Bonchev–Trinajstić information content (AvgIpc) is 3.39. The van der Waals surface area contributed by atoms with Crippen molar-refractivity contribution in [2.24, 2.45) is 13.0 Å². The highest BCUT2D eigenvalue weighted by molar-refractivity contribution is 5.66. The maximum absolute atomic E-state index is 5.69. The minimum Gasteiger partial charge on any atom is -0.361 e. The zero-order valence-corrected chi connectivity index (χ0v) is 17.1. The Bertz CT molecular complexity index is 1210. The van der Waals surface area contributed by atoms with Gasteiger partial charge in [0.25, 0.3) is 0 Å². The zero-order chi connectivity index (χ0) is 20.3. The lowest BCUT2D eigenvalue weighted by Crippen LogP contribution is -2.47. The van der Waals surface area contributed by atoms with E-state index in [1.165, 1.54) is 22.4 Å². The molecule has 0 spiro atoms. The van der Waals surface area contributed by atoms with Gasteiger partial charge in [-0.05, 0) is 36.8 Å². The van der Waals surface area contributed by atoms with Gasteiger partial charge in [0.2, 0.25) is 0 Å². The summed E-state index contributed by atoms with van der Waals surface area (Å²) >= 11 is 0. The molecule has 3 heterocycles. The third-order valence-electron chi connectivity index (χ3n) is 7.22. The van der Waals surface area contributed by atoms with E-state index < -0.39 is 0 Å². The van der Waals surface area contributed by atoms with Gasteiger partial charge < -0.3 is 4.52 Å². The minimum absolute atomic E-state index is 0.191. The highest BCUT2D eigenvalue weighted by Gasteiger charge is 2.54. The zero-order valence-electron chi connectivity index (χ0n) is 17.1. The van der Waals surface area contributed by atoms with Crippen molar-refractivity contribution in [3.05, 3.63) is 83.1 Å². The van der Waals surface area contributed by atoms with E-state index >= 15 is 0 Å². The second-order valence-electron chi connectivity index (χ2n) is 8.59. The van der Waals surface area contributed by atoms with Crippen molar-refractivity contribution >= 4 is 0 Å². The van der Waals surface area contributed by atoms with Crippen LogP contribution in [0, 0.1) is 5.92 Å². The molecule has 6 nitrogen and oxygen atoms in total. The van der Waals surface area contributed by atoms with Gasteiger partial charge in [0.15, 0.2) is 0 Å². The Balaban J connectivity index is 1.65. The number of benzene rings is 1. The molecule has 6 heteroatoms. The lowest BCUT2D eigenvalue weighted by atomic mass is 9.53. The number of hydrogen-bond acceptors (Lipinski definition) is 5. The first-order valence-corrected chi connectivity index (χ1v) is 10.5. The first-order valence-electron chi connectivity index (χ1n) is 10.5. The molecule has 4 aromatic rings. The van der Waals surface area contributed by atoms with Crippen LogP contribution in [0.5, 0.6) is 0 Å². The van der Waals surface area contributed by atoms with Gasteiger partial charge in [-0.2, -0.15) is 15.3 Å². The van der Waals surface area contributed by atoms with Crippen LogP contribution in [0.1, 0.15) is 47.4 Å². The van der Waals surface area contributed by atoms with E-state index in [-0.39, 0.29) is 11.3 Å². The molecule has 3 atom stereocenters. The number of fused-ring (bicyclic) bond motifs is 4. The lowest BCUT2D eigenvalue weighted by Gasteiger charge is -2.48. The molecule has 0 bridgehead atoms. The molecule has 3 aromatic heterocycles. The first kappa shape index (κ1) is 17.6. The van der Waals surface area contributed by atoms with Crippen LogP contribution in [0.4, 0.5) is 0 Å². The summed E-state index contributed by atoms with van der Waals surface area (Å²) in [6, 6.07) is 12.9. The van der Waals surface area contributed by atoms with Crippen LogP contribution in [-0.4, -0.2) is 25.1 Å². The topological polar surface area (TPSA) is 69.6 Å². The van der Waals surface area contributed by atoms with E-state index in [2.05, 4.69) is 52.6 Å². The maximum Gasteiger partial charge on any atom is 0.143 e. The molecule has 1 aromatic carbocycles. The highest BCUT2D eigenvalue weighted by Crippen LogP contribution is 2.57. The summed E-state index contributed by atoms with van der Waals surface area (Å²) in [5, 5.41) is 17.4. The predicted octanol–water partition coefficient (Wildman–Crippen LogP) is 4.07. The molecule has 0 N–H and O–H groups in total. The van der Waals surface area contributed by atoms with Crippen LogP contribution in [0.2, 0.25) is 0 Å². The van der Waals surface area contributed by atoms with Crippen LogP contribution in [0.25, 0.3) is 11.3 Å². The van der Waals surface area contributed by atoms with Gasteiger partial charge >= 0.3 is 0 Å². The minimum atomic E-state index is -0.191. The lowest BCUT2D eigenvalue weighted by molar-refractivity contribution is 0.189. The Hall–Kier alpha value is -3.28. The van der Waals surface area contributed by atoms with Crippen LogP contribution >= 0.6 is 0 Å². The Kier molecular flexibility index (Phi) is 3.72. The Morgan fingerprint density at radius 2 is 1.97 bits per heavy atom. The summed E-state index contributed by atoms with van der Waals surface area (Å²) in [4.78, 5) is 0. The molecule has 0 saturated heterocycles. The van der Waals surface area contributed by atoms with Crippen LogP contribution in [0.3, 0.4) is 0 Å². The van der Waals surface area contributed by atoms with Crippen LogP contribution < -0.4 is 0 Å². The molecule has 0 aliphatic heterocycles. The maximum atomic E-state index is 5.69. The van der Waals surface area contributed by atoms with E-state index in [9.17, 15) is 0 Å². The van der Waals surface area contributed by atoms with Gasteiger partial charge in [0.05, 0.1) is 30.0 Å². The number of rotatable bonds is 2. The standard InChI is InChI=1S/C24H23N5O/c1-15-20-9-8-19-21(16-10-11-25-26-13-16)29(2)28-23(19)24(20,18-6-4-3-5-7-18)12-17-14-27-30-22(15)17/h3-7,10-11,13-15,20H,8-9,12H2,1-2H3/t15-,20-,24+/m0/s1. The number of hydrogen-bond donors (Lipinski definition) is 0. The van der Waals surface area contributed by atoms with Gasteiger partial charge in [-0.3, -0.25) is 4.68 Å². The van der Waals surface area contributed by atoms with Gasteiger partial charge in [0.1, 0.15) is 5.76 Å². The van der Waals surface area contributed by atoms with Crippen LogP contribution in [0.15, 0.2) is 59.5 Å². The van der Waals surface area contributed by atoms with Crippen molar-refractivity contribution in [2.75, 3.05) is 0 Å². The first-order chi connectivity index (χ1) is 14.7. The van der Waals surface area contributed by atoms with Gasteiger partial charge in [0, 0.05) is 35.1 Å². The molecule has 2 aliphatic rings. The third-order valence-corrected chi connectivity index (χ3v) is 7.22. The number of nitrogens with zero attached hydrogens (tertiary/aromatic N) is 5. The van der Waals surface area contributed by atoms with E-state index in [0.717, 1.165) is 36.3 Å². The largest absolute Gasteiger partial charge is 0.361 e. The quantitative estimate of drug-likeness (QED) is 0.510. The SMILES string of the molecule is C[C@@H]1c2oncc2C[C@]2(c3ccccc3)c3nn(C)c(-c4ccnnc4)c3CC[C@@H]12. The molecule has 0 fully saturated rings. The normalized spacial score (nSPS) is 24.7. The summed E-state index contributed by atoms with van der Waals surface area (Å²) < 4.78 is 7.72. The summed E-state index contributed by atoms with van der Waals surface area (Å²) in [5.41, 5.74) is 7.08. The average molecular weight is 397 g/mol. The smallest absolute Gasteiger partial charge is 0.143 e. The molecule has 0 saturated carbocycles. The van der Waals surface area contributed by atoms with E-state index in [4.69, 9.17) is 9.62 Å². The van der Waals surface area contributed by atoms with Crippen molar-refractivity contribution in [1.29, 1.82) is 0 Å². The van der Waals surface area contributed by atoms with Crippen molar-refractivity contribution in [1.82, 2.24) is 25.1 Å². The molecule has 2 aliphatic carbocycles. The Morgan fingerprint density at radius 3 is 2.77 bits per heavy atom. The summed E-state index contributed by atoms with van der Waals surface area (Å²) in [5.74, 6) is 1.74. The molecular formula is C24H23N5O.